The lowest BCUT2D eigenvalue weighted by Gasteiger charge is -2.17. The molecule has 0 spiro atoms. The van der Waals surface area contributed by atoms with Crippen LogP contribution in [0.5, 0.6) is 5.75 Å². The standard InChI is InChI=1S/C16H15F2NO2/c1-2-15(21-14-8-6-11(17)7-9-14)16(20)19-13-5-3-4-12(18)10-13/h3-10,15H,2H2,1H3,(H,19,20). The number of nitrogens with one attached hydrogen (secondary N) is 1. The lowest BCUT2D eigenvalue weighted by atomic mass is 10.2. The third kappa shape index (κ3) is 4.27. The summed E-state index contributed by atoms with van der Waals surface area (Å²) in [6, 6.07) is 11.0. The lowest BCUT2D eigenvalue weighted by Crippen LogP contribution is -2.32. The van der Waals surface area contributed by atoms with Gasteiger partial charge in [-0.2, -0.15) is 0 Å². The lowest BCUT2D eigenvalue weighted by molar-refractivity contribution is -0.122. The van der Waals surface area contributed by atoms with Gasteiger partial charge in [0, 0.05) is 5.69 Å². The van der Waals surface area contributed by atoms with Crippen molar-refractivity contribution in [3.8, 4) is 5.75 Å². The molecule has 2 aromatic carbocycles. The highest BCUT2D eigenvalue weighted by molar-refractivity contribution is 5.94. The van der Waals surface area contributed by atoms with Crippen molar-refractivity contribution in [3.05, 3.63) is 60.2 Å². The van der Waals surface area contributed by atoms with Crippen molar-refractivity contribution < 1.29 is 18.3 Å². The average Bonchev–Trinajstić information content (AvgIpc) is 2.46. The molecule has 5 heteroatoms. The van der Waals surface area contributed by atoms with Crippen LogP contribution in [-0.2, 0) is 4.79 Å². The predicted molar refractivity (Wildman–Crippen MR) is 76.1 cm³/mol. The number of halogens is 2. The van der Waals surface area contributed by atoms with Crippen LogP contribution in [0.3, 0.4) is 0 Å². The largest absolute Gasteiger partial charge is 0.481 e. The minimum absolute atomic E-state index is 0.362. The Labute approximate surface area is 121 Å². The van der Waals surface area contributed by atoms with Gasteiger partial charge in [0.1, 0.15) is 17.4 Å². The molecule has 1 atom stereocenters. The molecule has 0 bridgehead atoms. The number of benzene rings is 2. The molecule has 2 aromatic rings. The van der Waals surface area contributed by atoms with Crippen molar-refractivity contribution in [1.82, 2.24) is 0 Å². The van der Waals surface area contributed by atoms with E-state index in [9.17, 15) is 13.6 Å². The Morgan fingerprint density at radius 3 is 2.48 bits per heavy atom. The molecule has 110 valence electrons. The maximum atomic E-state index is 13.1. The van der Waals surface area contributed by atoms with Crippen LogP contribution in [0, 0.1) is 11.6 Å². The maximum Gasteiger partial charge on any atom is 0.265 e. The summed E-state index contributed by atoms with van der Waals surface area (Å²) in [5.41, 5.74) is 0.362. The van der Waals surface area contributed by atoms with Crippen LogP contribution in [0.15, 0.2) is 48.5 Å². The molecule has 2 rings (SSSR count). The molecule has 1 amide bonds. The Hall–Kier alpha value is -2.43. The Bertz CT molecular complexity index is 614. The summed E-state index contributed by atoms with van der Waals surface area (Å²) in [5.74, 6) is -0.787. The fraction of sp³-hybridized carbons (Fsp3) is 0.188. The van der Waals surface area contributed by atoms with Gasteiger partial charge in [-0.05, 0) is 48.9 Å². The van der Waals surface area contributed by atoms with Crippen molar-refractivity contribution in [2.24, 2.45) is 0 Å². The van der Waals surface area contributed by atoms with Gasteiger partial charge >= 0.3 is 0 Å². The summed E-state index contributed by atoms with van der Waals surface area (Å²) >= 11 is 0. The molecule has 0 aliphatic rings. The molecule has 0 fully saturated rings. The second-order valence-electron chi connectivity index (χ2n) is 4.47. The van der Waals surface area contributed by atoms with Crippen molar-refractivity contribution >= 4 is 11.6 Å². The summed E-state index contributed by atoms with van der Waals surface area (Å²) < 4.78 is 31.4. The first-order chi connectivity index (χ1) is 10.1. The molecule has 0 aliphatic carbocycles. The Balaban J connectivity index is 2.03. The van der Waals surface area contributed by atoms with Crippen molar-refractivity contribution in [3.63, 3.8) is 0 Å². The van der Waals surface area contributed by atoms with Crippen LogP contribution in [0.2, 0.25) is 0 Å². The zero-order valence-electron chi connectivity index (χ0n) is 11.5. The maximum absolute atomic E-state index is 13.1. The van der Waals surface area contributed by atoms with E-state index in [-0.39, 0.29) is 11.7 Å². The van der Waals surface area contributed by atoms with Gasteiger partial charge in [0.2, 0.25) is 0 Å². The van der Waals surface area contributed by atoms with Crippen LogP contribution in [0.4, 0.5) is 14.5 Å². The van der Waals surface area contributed by atoms with Crippen LogP contribution >= 0.6 is 0 Å². The number of carbonyl (C=O) groups excluding carboxylic acids is 1. The molecule has 0 saturated heterocycles. The van der Waals surface area contributed by atoms with Crippen molar-refractivity contribution in [2.45, 2.75) is 19.4 Å². The molecular formula is C16H15F2NO2. The number of carbonyl (C=O) groups is 1. The van der Waals surface area contributed by atoms with Crippen molar-refractivity contribution in [2.75, 3.05) is 5.32 Å². The molecule has 1 N–H and O–H groups in total. The van der Waals surface area contributed by atoms with Gasteiger partial charge in [-0.25, -0.2) is 8.78 Å². The second-order valence-corrected chi connectivity index (χ2v) is 4.47. The minimum atomic E-state index is -0.737. The number of amides is 1. The molecule has 0 saturated carbocycles. The zero-order chi connectivity index (χ0) is 15.2. The molecule has 0 aliphatic heterocycles. The number of hydrogen-bond acceptors (Lipinski definition) is 2. The third-order valence-corrected chi connectivity index (χ3v) is 2.85. The van der Waals surface area contributed by atoms with E-state index in [1.54, 1.807) is 13.0 Å². The van der Waals surface area contributed by atoms with Crippen LogP contribution in [0.25, 0.3) is 0 Å². The molecule has 0 heterocycles. The van der Waals surface area contributed by atoms with E-state index in [4.69, 9.17) is 4.74 Å². The van der Waals surface area contributed by atoms with Crippen molar-refractivity contribution in [1.29, 1.82) is 0 Å². The van der Waals surface area contributed by atoms with Gasteiger partial charge in [-0.3, -0.25) is 4.79 Å². The number of rotatable bonds is 5. The Kier molecular flexibility index (Phi) is 4.87. The fourth-order valence-electron chi connectivity index (χ4n) is 1.79. The fourth-order valence-corrected chi connectivity index (χ4v) is 1.79. The van der Waals surface area contributed by atoms with E-state index in [0.717, 1.165) is 0 Å². The quantitative estimate of drug-likeness (QED) is 0.911. The van der Waals surface area contributed by atoms with Gasteiger partial charge in [0.25, 0.3) is 5.91 Å². The zero-order valence-corrected chi connectivity index (χ0v) is 11.5. The molecule has 3 nitrogen and oxygen atoms in total. The van der Waals surface area contributed by atoms with E-state index in [0.29, 0.717) is 17.9 Å². The predicted octanol–water partition coefficient (Wildman–Crippen LogP) is 3.76. The average molecular weight is 291 g/mol. The number of hydrogen-bond donors (Lipinski definition) is 1. The Morgan fingerprint density at radius 1 is 1.14 bits per heavy atom. The summed E-state index contributed by atoms with van der Waals surface area (Å²) in [5, 5.41) is 2.59. The van der Waals surface area contributed by atoms with Gasteiger partial charge in [-0.15, -0.1) is 0 Å². The minimum Gasteiger partial charge on any atom is -0.481 e. The first-order valence-electron chi connectivity index (χ1n) is 6.57. The Morgan fingerprint density at radius 2 is 1.86 bits per heavy atom. The SMILES string of the molecule is CCC(Oc1ccc(F)cc1)C(=O)Nc1cccc(F)c1. The molecule has 0 radical (unpaired) electrons. The van der Waals surface area contributed by atoms with Crippen LogP contribution < -0.4 is 10.1 Å². The first-order valence-corrected chi connectivity index (χ1v) is 6.57. The molecule has 21 heavy (non-hydrogen) atoms. The number of ether oxygens (including phenoxy) is 1. The van der Waals surface area contributed by atoms with E-state index >= 15 is 0 Å². The van der Waals surface area contributed by atoms with Gasteiger partial charge < -0.3 is 10.1 Å². The van der Waals surface area contributed by atoms with Crippen LogP contribution in [0.1, 0.15) is 13.3 Å². The molecule has 1 unspecified atom stereocenters. The third-order valence-electron chi connectivity index (χ3n) is 2.85. The number of anilines is 1. The summed E-state index contributed by atoms with van der Waals surface area (Å²) in [7, 11) is 0. The van der Waals surface area contributed by atoms with E-state index in [2.05, 4.69) is 5.32 Å². The second kappa shape index (κ2) is 6.83. The van der Waals surface area contributed by atoms with Gasteiger partial charge in [0.15, 0.2) is 6.10 Å². The monoisotopic (exact) mass is 291 g/mol. The van der Waals surface area contributed by atoms with E-state index in [1.165, 1.54) is 42.5 Å². The highest BCUT2D eigenvalue weighted by atomic mass is 19.1. The van der Waals surface area contributed by atoms with Gasteiger partial charge in [0.05, 0.1) is 0 Å². The highest BCUT2D eigenvalue weighted by Gasteiger charge is 2.18. The summed E-state index contributed by atoms with van der Waals surface area (Å²) in [6.45, 7) is 1.79. The summed E-state index contributed by atoms with van der Waals surface area (Å²) in [4.78, 5) is 12.1. The van der Waals surface area contributed by atoms with Gasteiger partial charge in [-0.1, -0.05) is 13.0 Å². The smallest absolute Gasteiger partial charge is 0.265 e. The molecule has 0 aromatic heterocycles. The topological polar surface area (TPSA) is 38.3 Å². The normalized spacial score (nSPS) is 11.8. The van der Waals surface area contributed by atoms with Crippen LogP contribution in [-0.4, -0.2) is 12.0 Å². The van der Waals surface area contributed by atoms with E-state index < -0.39 is 11.9 Å². The summed E-state index contributed by atoms with van der Waals surface area (Å²) in [6.07, 6.45) is -0.308. The first kappa shape index (κ1) is 15.0. The van der Waals surface area contributed by atoms with E-state index in [1.807, 2.05) is 0 Å². The molecular weight excluding hydrogens is 276 g/mol. The highest BCUT2D eigenvalue weighted by Crippen LogP contribution is 2.16.